The Hall–Kier alpha value is -1.79. The van der Waals surface area contributed by atoms with Crippen LogP contribution in [0.5, 0.6) is 0 Å². The van der Waals surface area contributed by atoms with Gasteiger partial charge in [0.1, 0.15) is 6.42 Å². The maximum absolute atomic E-state index is 11.0. The highest BCUT2D eigenvalue weighted by atomic mass is 16.5. The molecule has 0 spiro atoms. The summed E-state index contributed by atoms with van der Waals surface area (Å²) in [6.07, 6.45) is 0.767. The number of aliphatic hydroxyl groups is 1. The summed E-state index contributed by atoms with van der Waals surface area (Å²) in [4.78, 5) is 11.0. The monoisotopic (exact) mass is 232 g/mol. The Labute approximate surface area is 101 Å². The molecule has 1 aromatic rings. The first kappa shape index (κ1) is 13.3. The van der Waals surface area contributed by atoms with Crippen LogP contribution in [-0.2, 0) is 16.0 Å². The third-order valence-electron chi connectivity index (χ3n) is 2.13. The Morgan fingerprint density at radius 3 is 2.65 bits per heavy atom. The number of ether oxygens (including phenoxy) is 1. The molecular weight excluding hydrogens is 216 g/mol. The van der Waals surface area contributed by atoms with E-state index in [1.807, 2.05) is 24.3 Å². The zero-order valence-electron chi connectivity index (χ0n) is 9.90. The van der Waals surface area contributed by atoms with Crippen molar-refractivity contribution in [1.29, 1.82) is 0 Å². The summed E-state index contributed by atoms with van der Waals surface area (Å²) in [7, 11) is 0. The van der Waals surface area contributed by atoms with E-state index in [2.05, 4.69) is 11.8 Å². The van der Waals surface area contributed by atoms with Crippen LogP contribution in [-0.4, -0.2) is 24.3 Å². The number of aliphatic hydroxyl groups excluding tert-OH is 1. The molecule has 0 aliphatic heterocycles. The molecule has 0 unspecified atom stereocenters. The van der Waals surface area contributed by atoms with Gasteiger partial charge in [0.25, 0.3) is 0 Å². The molecule has 0 atom stereocenters. The predicted octanol–water partition coefficient (Wildman–Crippen LogP) is 1.53. The molecule has 1 N–H and O–H groups in total. The Morgan fingerprint density at radius 2 is 2.06 bits per heavy atom. The van der Waals surface area contributed by atoms with Crippen molar-refractivity contribution in [2.75, 3.05) is 13.2 Å². The third-order valence-corrected chi connectivity index (χ3v) is 2.13. The van der Waals surface area contributed by atoms with Crippen LogP contribution < -0.4 is 0 Å². The molecule has 1 aromatic carbocycles. The summed E-state index contributed by atoms with van der Waals surface area (Å²) in [5.74, 6) is 5.36. The molecule has 0 aliphatic carbocycles. The van der Waals surface area contributed by atoms with Crippen LogP contribution >= 0.6 is 0 Å². The lowest BCUT2D eigenvalue weighted by Crippen LogP contribution is -2.01. The van der Waals surface area contributed by atoms with Gasteiger partial charge in [-0.05, 0) is 31.0 Å². The maximum Gasteiger partial charge on any atom is 0.317 e. The van der Waals surface area contributed by atoms with E-state index in [1.165, 1.54) is 0 Å². The van der Waals surface area contributed by atoms with Crippen molar-refractivity contribution in [3.8, 4) is 11.8 Å². The number of esters is 1. The summed E-state index contributed by atoms with van der Waals surface area (Å²) in [5.41, 5.74) is 1.93. The van der Waals surface area contributed by atoms with Gasteiger partial charge in [0, 0.05) is 12.2 Å². The molecule has 0 bridgehead atoms. The van der Waals surface area contributed by atoms with Crippen molar-refractivity contribution < 1.29 is 14.6 Å². The van der Waals surface area contributed by atoms with Crippen molar-refractivity contribution in [3.05, 3.63) is 35.4 Å². The van der Waals surface area contributed by atoms with Crippen molar-refractivity contribution in [2.24, 2.45) is 0 Å². The first-order valence-corrected chi connectivity index (χ1v) is 5.60. The Balaban J connectivity index is 2.51. The van der Waals surface area contributed by atoms with Crippen molar-refractivity contribution in [2.45, 2.75) is 19.8 Å². The normalized spacial score (nSPS) is 9.29. The van der Waals surface area contributed by atoms with Crippen molar-refractivity contribution in [1.82, 2.24) is 0 Å². The zero-order valence-corrected chi connectivity index (χ0v) is 9.90. The van der Waals surface area contributed by atoms with Crippen LogP contribution in [0.25, 0.3) is 0 Å². The van der Waals surface area contributed by atoms with E-state index in [0.29, 0.717) is 13.0 Å². The van der Waals surface area contributed by atoms with Gasteiger partial charge >= 0.3 is 5.97 Å². The van der Waals surface area contributed by atoms with Gasteiger partial charge in [-0.2, -0.15) is 0 Å². The molecule has 0 saturated heterocycles. The number of hydrogen-bond acceptors (Lipinski definition) is 3. The van der Waals surface area contributed by atoms with Gasteiger partial charge in [-0.25, -0.2) is 0 Å². The minimum absolute atomic E-state index is 0.117. The van der Waals surface area contributed by atoms with E-state index >= 15 is 0 Å². The molecule has 3 nitrogen and oxygen atoms in total. The van der Waals surface area contributed by atoms with E-state index in [0.717, 1.165) is 11.1 Å². The largest absolute Gasteiger partial charge is 0.465 e. The number of benzene rings is 1. The molecule has 0 amide bonds. The fourth-order valence-corrected chi connectivity index (χ4v) is 1.31. The van der Waals surface area contributed by atoms with Crippen LogP contribution in [0.4, 0.5) is 0 Å². The van der Waals surface area contributed by atoms with E-state index in [1.54, 1.807) is 6.92 Å². The van der Waals surface area contributed by atoms with Gasteiger partial charge in [0.2, 0.25) is 0 Å². The summed E-state index contributed by atoms with van der Waals surface area (Å²) in [5, 5.41) is 8.76. The van der Waals surface area contributed by atoms with E-state index in [4.69, 9.17) is 9.84 Å². The third kappa shape index (κ3) is 5.19. The summed E-state index contributed by atoms with van der Waals surface area (Å²) < 4.78 is 4.76. The van der Waals surface area contributed by atoms with E-state index in [-0.39, 0.29) is 19.0 Å². The minimum Gasteiger partial charge on any atom is -0.465 e. The van der Waals surface area contributed by atoms with Crippen molar-refractivity contribution in [3.63, 3.8) is 0 Å². The fraction of sp³-hybridized carbons (Fsp3) is 0.357. The molecular formula is C14H16O3. The molecule has 1 rings (SSSR count). The van der Waals surface area contributed by atoms with Crippen molar-refractivity contribution >= 4 is 5.97 Å². The van der Waals surface area contributed by atoms with Crippen LogP contribution in [0.1, 0.15) is 24.5 Å². The minimum atomic E-state index is -0.295. The standard InChI is InChI=1S/C14H16O3/c1-2-17-14(16)5-3-4-12-6-8-13(9-7-12)10-11-15/h6-9,15H,2,5,10-11H2,1H3. The topological polar surface area (TPSA) is 46.5 Å². The first-order valence-electron chi connectivity index (χ1n) is 5.60. The van der Waals surface area contributed by atoms with Gasteiger partial charge in [-0.15, -0.1) is 0 Å². The Bertz CT molecular complexity index is 409. The molecule has 0 heterocycles. The lowest BCUT2D eigenvalue weighted by atomic mass is 10.1. The second kappa shape index (κ2) is 7.48. The molecule has 0 aromatic heterocycles. The summed E-state index contributed by atoms with van der Waals surface area (Å²) >= 11 is 0. The van der Waals surface area contributed by atoms with Crippen LogP contribution in [0, 0.1) is 11.8 Å². The van der Waals surface area contributed by atoms with Gasteiger partial charge in [-0.1, -0.05) is 24.0 Å². The van der Waals surface area contributed by atoms with Gasteiger partial charge in [0.15, 0.2) is 0 Å². The number of rotatable bonds is 4. The Morgan fingerprint density at radius 1 is 1.35 bits per heavy atom. The average Bonchev–Trinajstić information content (AvgIpc) is 2.32. The predicted molar refractivity (Wildman–Crippen MR) is 65.4 cm³/mol. The van der Waals surface area contributed by atoms with E-state index < -0.39 is 0 Å². The average molecular weight is 232 g/mol. The smallest absolute Gasteiger partial charge is 0.317 e. The molecule has 0 saturated carbocycles. The van der Waals surface area contributed by atoms with Crippen LogP contribution in [0.15, 0.2) is 24.3 Å². The highest BCUT2D eigenvalue weighted by Crippen LogP contribution is 2.03. The molecule has 90 valence electrons. The van der Waals surface area contributed by atoms with Crippen LogP contribution in [0.2, 0.25) is 0 Å². The second-order valence-corrected chi connectivity index (χ2v) is 3.45. The number of carbonyl (C=O) groups excluding carboxylic acids is 1. The summed E-state index contributed by atoms with van der Waals surface area (Å²) in [6, 6.07) is 7.60. The quantitative estimate of drug-likeness (QED) is 0.632. The molecule has 0 radical (unpaired) electrons. The molecule has 3 heteroatoms. The molecule has 0 aliphatic rings. The number of hydrogen-bond donors (Lipinski definition) is 1. The molecule has 0 fully saturated rings. The fourth-order valence-electron chi connectivity index (χ4n) is 1.31. The van der Waals surface area contributed by atoms with Gasteiger partial charge < -0.3 is 9.84 Å². The highest BCUT2D eigenvalue weighted by molar-refractivity contribution is 5.72. The van der Waals surface area contributed by atoms with Crippen LogP contribution in [0.3, 0.4) is 0 Å². The van der Waals surface area contributed by atoms with Gasteiger partial charge in [0.05, 0.1) is 6.61 Å². The SMILES string of the molecule is CCOC(=O)CC#Cc1ccc(CCO)cc1. The highest BCUT2D eigenvalue weighted by Gasteiger charge is 1.96. The lowest BCUT2D eigenvalue weighted by molar-refractivity contribution is -0.141. The second-order valence-electron chi connectivity index (χ2n) is 3.45. The number of carbonyl (C=O) groups is 1. The molecule has 17 heavy (non-hydrogen) atoms. The van der Waals surface area contributed by atoms with Gasteiger partial charge in [-0.3, -0.25) is 4.79 Å². The van der Waals surface area contributed by atoms with E-state index in [9.17, 15) is 4.79 Å². The Kier molecular flexibility index (Phi) is 5.84. The maximum atomic E-state index is 11.0. The summed E-state index contributed by atoms with van der Waals surface area (Å²) in [6.45, 7) is 2.30. The first-order chi connectivity index (χ1) is 8.26. The lowest BCUT2D eigenvalue weighted by Gasteiger charge is -1.97. The zero-order chi connectivity index (χ0) is 12.5.